The summed E-state index contributed by atoms with van der Waals surface area (Å²) in [7, 11) is -0.829. The van der Waals surface area contributed by atoms with Crippen LogP contribution < -0.4 is 10.2 Å². The van der Waals surface area contributed by atoms with E-state index in [1.54, 1.807) is 4.90 Å². The molecule has 148 valence electrons. The van der Waals surface area contributed by atoms with Crippen LogP contribution in [0.3, 0.4) is 0 Å². The van der Waals surface area contributed by atoms with Crippen LogP contribution in [0.5, 0.6) is 0 Å². The maximum Gasteiger partial charge on any atom is 0.321 e. The van der Waals surface area contributed by atoms with Crippen molar-refractivity contribution in [1.82, 2.24) is 4.90 Å². The van der Waals surface area contributed by atoms with Gasteiger partial charge in [-0.2, -0.15) is 0 Å². The van der Waals surface area contributed by atoms with Crippen LogP contribution in [0.2, 0.25) is 0 Å². The van der Waals surface area contributed by atoms with E-state index in [4.69, 9.17) is 0 Å². The van der Waals surface area contributed by atoms with Crippen LogP contribution in [-0.4, -0.2) is 46.3 Å². The number of fused-ring (bicyclic) bond motifs is 1. The zero-order valence-electron chi connectivity index (χ0n) is 16.3. The van der Waals surface area contributed by atoms with Gasteiger partial charge in [0.15, 0.2) is 0 Å². The number of hydrogen-bond acceptors (Lipinski definition) is 3. The molecule has 2 aliphatic rings. The molecule has 28 heavy (non-hydrogen) atoms. The average molecular weight is 398 g/mol. The van der Waals surface area contributed by atoms with Crippen LogP contribution in [0.15, 0.2) is 48.5 Å². The Morgan fingerprint density at radius 1 is 1.14 bits per heavy atom. The van der Waals surface area contributed by atoms with Gasteiger partial charge in [-0.15, -0.1) is 0 Å². The van der Waals surface area contributed by atoms with Gasteiger partial charge in [-0.1, -0.05) is 43.3 Å². The molecule has 5 nitrogen and oxygen atoms in total. The second-order valence-corrected chi connectivity index (χ2v) is 9.37. The number of rotatable bonds is 3. The number of carbonyl (C=O) groups is 1. The number of carbonyl (C=O) groups excluding carboxylic acids is 1. The Morgan fingerprint density at radius 3 is 2.82 bits per heavy atom. The second-order valence-electron chi connectivity index (χ2n) is 7.75. The Labute approximate surface area is 169 Å². The van der Waals surface area contributed by atoms with E-state index in [9.17, 15) is 9.00 Å². The van der Waals surface area contributed by atoms with E-state index < -0.39 is 10.8 Å². The molecule has 0 aromatic heterocycles. The third-order valence-corrected chi connectivity index (χ3v) is 7.06. The molecule has 6 heteroatoms. The molecule has 2 aromatic rings. The summed E-state index contributed by atoms with van der Waals surface area (Å²) in [6, 6.07) is 16.4. The van der Waals surface area contributed by atoms with Gasteiger partial charge in [0.05, 0.1) is 0 Å². The number of nitrogens with zero attached hydrogens (tertiary/aromatic N) is 2. The highest BCUT2D eigenvalue weighted by Gasteiger charge is 2.24. The van der Waals surface area contributed by atoms with Crippen LogP contribution >= 0.6 is 0 Å². The Hall–Kier alpha value is -2.34. The van der Waals surface area contributed by atoms with Crippen LogP contribution in [-0.2, 0) is 23.8 Å². The summed E-state index contributed by atoms with van der Waals surface area (Å²) < 4.78 is 11.9. The number of para-hydroxylation sites is 2. The second kappa shape index (κ2) is 8.35. The van der Waals surface area contributed by atoms with E-state index in [0.717, 1.165) is 30.8 Å². The number of amides is 2. The molecule has 1 saturated heterocycles. The third kappa shape index (κ3) is 4.22. The maximum absolute atomic E-state index is 12.9. The van der Waals surface area contributed by atoms with Crippen molar-refractivity contribution in [3.05, 3.63) is 59.7 Å². The zero-order valence-corrected chi connectivity index (χ0v) is 17.1. The van der Waals surface area contributed by atoms with E-state index >= 15 is 0 Å². The standard InChI is InChI=1S/C22H27N3O2S/c1-17-14-25(12-13-28(27)16-17)22(26)23-20-8-4-2-7-19(20)15-24-11-10-18-6-3-5-9-21(18)24/h2-9,17H,10-16H2,1H3,(H,23,26). The predicted molar refractivity (Wildman–Crippen MR) is 115 cm³/mol. The fourth-order valence-corrected chi connectivity index (χ4v) is 5.40. The largest absolute Gasteiger partial charge is 0.367 e. The molecular weight excluding hydrogens is 370 g/mol. The fraction of sp³-hybridized carbons (Fsp3) is 0.409. The lowest BCUT2D eigenvalue weighted by molar-refractivity contribution is 0.210. The Morgan fingerprint density at radius 2 is 1.93 bits per heavy atom. The van der Waals surface area contributed by atoms with Gasteiger partial charge in [0.2, 0.25) is 0 Å². The smallest absolute Gasteiger partial charge is 0.321 e. The Balaban J connectivity index is 1.48. The SMILES string of the molecule is CC1CN(C(=O)Nc2ccccc2CN2CCc3ccccc32)CCS(=O)C1. The van der Waals surface area contributed by atoms with Crippen molar-refractivity contribution in [2.24, 2.45) is 5.92 Å². The Kier molecular flexibility index (Phi) is 5.67. The molecule has 2 aromatic carbocycles. The van der Waals surface area contributed by atoms with E-state index in [1.807, 2.05) is 18.2 Å². The lowest BCUT2D eigenvalue weighted by Crippen LogP contribution is -2.38. The molecule has 0 radical (unpaired) electrons. The topological polar surface area (TPSA) is 52.7 Å². The van der Waals surface area contributed by atoms with Gasteiger partial charge in [-0.25, -0.2) is 4.79 Å². The van der Waals surface area contributed by atoms with Gasteiger partial charge in [0, 0.05) is 59.9 Å². The van der Waals surface area contributed by atoms with Gasteiger partial charge >= 0.3 is 6.03 Å². The van der Waals surface area contributed by atoms with Crippen molar-refractivity contribution >= 4 is 28.2 Å². The van der Waals surface area contributed by atoms with Gasteiger partial charge in [-0.05, 0) is 35.6 Å². The first kappa shape index (κ1) is 19.0. The summed E-state index contributed by atoms with van der Waals surface area (Å²) in [5.41, 5.74) is 4.64. The minimum atomic E-state index is -0.829. The molecule has 0 bridgehead atoms. The molecule has 0 aliphatic carbocycles. The molecule has 1 N–H and O–H groups in total. The fourth-order valence-electron chi connectivity index (χ4n) is 4.07. The number of hydrogen-bond donors (Lipinski definition) is 1. The van der Waals surface area contributed by atoms with Crippen LogP contribution in [0.4, 0.5) is 16.2 Å². The molecule has 4 rings (SSSR count). The summed E-state index contributed by atoms with van der Waals surface area (Å²) >= 11 is 0. The van der Waals surface area contributed by atoms with Gasteiger partial charge < -0.3 is 15.1 Å². The normalized spacial score (nSPS) is 21.9. The zero-order chi connectivity index (χ0) is 19.5. The summed E-state index contributed by atoms with van der Waals surface area (Å²) in [6.45, 7) is 5.02. The molecule has 2 aliphatic heterocycles. The van der Waals surface area contributed by atoms with Crippen molar-refractivity contribution < 1.29 is 9.00 Å². The van der Waals surface area contributed by atoms with Crippen LogP contribution in [0, 0.1) is 5.92 Å². The summed E-state index contributed by atoms with van der Waals surface area (Å²) in [5, 5.41) is 3.10. The van der Waals surface area contributed by atoms with Crippen molar-refractivity contribution in [3.63, 3.8) is 0 Å². The van der Waals surface area contributed by atoms with E-state index in [2.05, 4.69) is 47.5 Å². The highest BCUT2D eigenvalue weighted by Crippen LogP contribution is 2.30. The van der Waals surface area contributed by atoms with Gasteiger partial charge in [0.25, 0.3) is 0 Å². The first-order chi connectivity index (χ1) is 13.6. The predicted octanol–water partition coefficient (Wildman–Crippen LogP) is 3.48. The molecule has 2 atom stereocenters. The Bertz CT molecular complexity index is 886. The minimum Gasteiger partial charge on any atom is -0.367 e. The van der Waals surface area contributed by atoms with E-state index in [1.165, 1.54) is 11.3 Å². The minimum absolute atomic E-state index is 0.0972. The van der Waals surface area contributed by atoms with Gasteiger partial charge in [0.1, 0.15) is 0 Å². The molecule has 1 fully saturated rings. The van der Waals surface area contributed by atoms with E-state index in [0.29, 0.717) is 24.6 Å². The van der Waals surface area contributed by atoms with Crippen molar-refractivity contribution in [2.45, 2.75) is 19.9 Å². The lowest BCUT2D eigenvalue weighted by atomic mass is 10.1. The number of benzene rings is 2. The molecular formula is C22H27N3O2S. The summed E-state index contributed by atoms with van der Waals surface area (Å²) in [4.78, 5) is 17.0. The first-order valence-corrected chi connectivity index (χ1v) is 11.4. The molecule has 0 spiro atoms. The van der Waals surface area contributed by atoms with Crippen molar-refractivity contribution in [1.29, 1.82) is 0 Å². The van der Waals surface area contributed by atoms with Crippen molar-refractivity contribution in [3.8, 4) is 0 Å². The number of urea groups is 1. The lowest BCUT2D eigenvalue weighted by Gasteiger charge is -2.25. The maximum atomic E-state index is 12.9. The highest BCUT2D eigenvalue weighted by molar-refractivity contribution is 7.85. The van der Waals surface area contributed by atoms with Crippen molar-refractivity contribution in [2.75, 3.05) is 41.4 Å². The number of anilines is 2. The quantitative estimate of drug-likeness (QED) is 0.863. The molecule has 2 heterocycles. The monoisotopic (exact) mass is 397 g/mol. The molecule has 2 amide bonds. The summed E-state index contributed by atoms with van der Waals surface area (Å²) in [5.74, 6) is 1.49. The summed E-state index contributed by atoms with van der Waals surface area (Å²) in [6.07, 6.45) is 1.06. The highest BCUT2D eigenvalue weighted by atomic mass is 32.2. The van der Waals surface area contributed by atoms with Gasteiger partial charge in [-0.3, -0.25) is 4.21 Å². The van der Waals surface area contributed by atoms with Crippen LogP contribution in [0.1, 0.15) is 18.1 Å². The van der Waals surface area contributed by atoms with Crippen LogP contribution in [0.25, 0.3) is 0 Å². The average Bonchev–Trinajstić information content (AvgIpc) is 3.00. The molecule has 2 unspecified atom stereocenters. The molecule has 0 saturated carbocycles. The third-order valence-electron chi connectivity index (χ3n) is 5.48. The first-order valence-electron chi connectivity index (χ1n) is 9.92. The number of nitrogens with one attached hydrogen (secondary N) is 1. The van der Waals surface area contributed by atoms with E-state index in [-0.39, 0.29) is 11.9 Å².